The molecule has 1 aromatic carbocycles. The van der Waals surface area contributed by atoms with Crippen LogP contribution in [-0.2, 0) is 6.54 Å². The molecule has 2 N–H and O–H groups in total. The SMILES string of the molecule is CN=C(NCc1nc(C)c(C)o1)NC1CC2(CCCC2)Oc2ccccc21.I. The number of nitrogens with zero attached hydrogens (tertiary/aromatic N) is 2. The average molecular weight is 496 g/mol. The van der Waals surface area contributed by atoms with E-state index in [0.717, 1.165) is 42.4 Å². The summed E-state index contributed by atoms with van der Waals surface area (Å²) in [4.78, 5) is 8.82. The summed E-state index contributed by atoms with van der Waals surface area (Å²) in [5.74, 6) is 3.28. The lowest BCUT2D eigenvalue weighted by Gasteiger charge is -2.40. The molecule has 1 atom stereocenters. The molecule has 1 saturated carbocycles. The van der Waals surface area contributed by atoms with E-state index in [1.165, 1.54) is 18.4 Å². The van der Waals surface area contributed by atoms with Crippen LogP contribution in [0.5, 0.6) is 5.75 Å². The molecular formula is C21H29IN4O2. The molecule has 0 bridgehead atoms. The van der Waals surface area contributed by atoms with Crippen molar-refractivity contribution in [1.29, 1.82) is 0 Å². The van der Waals surface area contributed by atoms with E-state index in [2.05, 4.69) is 38.8 Å². The van der Waals surface area contributed by atoms with Crippen LogP contribution in [0.2, 0.25) is 0 Å². The minimum atomic E-state index is -0.0400. The number of aliphatic imine (C=N–C) groups is 1. The third-order valence-electron chi connectivity index (χ3n) is 5.73. The highest BCUT2D eigenvalue weighted by atomic mass is 127. The van der Waals surface area contributed by atoms with Gasteiger partial charge in [-0.3, -0.25) is 4.99 Å². The number of benzene rings is 1. The molecule has 1 unspecified atom stereocenters. The van der Waals surface area contributed by atoms with Crippen molar-refractivity contribution in [2.75, 3.05) is 7.05 Å². The van der Waals surface area contributed by atoms with Gasteiger partial charge in [-0.15, -0.1) is 24.0 Å². The summed E-state index contributed by atoms with van der Waals surface area (Å²) in [6.45, 7) is 4.39. The molecule has 2 aliphatic rings. The summed E-state index contributed by atoms with van der Waals surface area (Å²) in [5, 5.41) is 6.92. The second-order valence-corrected chi connectivity index (χ2v) is 7.61. The number of aryl methyl sites for hydroxylation is 2. The normalized spacial score (nSPS) is 20.2. The van der Waals surface area contributed by atoms with Crippen LogP contribution >= 0.6 is 24.0 Å². The first kappa shape index (κ1) is 21.0. The van der Waals surface area contributed by atoms with Gasteiger partial charge in [0.1, 0.15) is 17.1 Å². The number of halogens is 1. The van der Waals surface area contributed by atoms with Gasteiger partial charge in [0, 0.05) is 19.0 Å². The highest BCUT2D eigenvalue weighted by Gasteiger charge is 2.43. The molecule has 152 valence electrons. The van der Waals surface area contributed by atoms with Crippen molar-refractivity contribution in [3.8, 4) is 5.75 Å². The van der Waals surface area contributed by atoms with Gasteiger partial charge in [-0.25, -0.2) is 4.98 Å². The zero-order valence-electron chi connectivity index (χ0n) is 16.7. The van der Waals surface area contributed by atoms with E-state index in [9.17, 15) is 0 Å². The number of hydrogen-bond acceptors (Lipinski definition) is 4. The zero-order chi connectivity index (χ0) is 18.9. The van der Waals surface area contributed by atoms with Gasteiger partial charge in [-0.05, 0) is 45.6 Å². The number of hydrogen-bond donors (Lipinski definition) is 2. The molecule has 1 aromatic heterocycles. The van der Waals surface area contributed by atoms with Gasteiger partial charge in [0.05, 0.1) is 18.3 Å². The number of rotatable bonds is 3. The van der Waals surface area contributed by atoms with Gasteiger partial charge in [-0.1, -0.05) is 18.2 Å². The molecule has 6 nitrogen and oxygen atoms in total. The zero-order valence-corrected chi connectivity index (χ0v) is 19.1. The number of aromatic nitrogens is 1. The smallest absolute Gasteiger partial charge is 0.214 e. The minimum Gasteiger partial charge on any atom is -0.487 e. The van der Waals surface area contributed by atoms with E-state index in [4.69, 9.17) is 9.15 Å². The van der Waals surface area contributed by atoms with Crippen molar-refractivity contribution in [2.45, 2.75) is 64.1 Å². The van der Waals surface area contributed by atoms with Crippen molar-refractivity contribution < 1.29 is 9.15 Å². The molecule has 1 aliphatic heterocycles. The first-order chi connectivity index (χ1) is 13.1. The van der Waals surface area contributed by atoms with E-state index in [0.29, 0.717) is 12.4 Å². The van der Waals surface area contributed by atoms with Crippen LogP contribution in [-0.4, -0.2) is 23.6 Å². The predicted molar refractivity (Wildman–Crippen MR) is 120 cm³/mol. The third-order valence-corrected chi connectivity index (χ3v) is 5.73. The molecule has 0 amide bonds. The van der Waals surface area contributed by atoms with Crippen molar-refractivity contribution >= 4 is 29.9 Å². The number of oxazole rings is 1. The molecule has 1 aliphatic carbocycles. The van der Waals surface area contributed by atoms with Crippen LogP contribution in [0.15, 0.2) is 33.7 Å². The Morgan fingerprint density at radius 1 is 1.25 bits per heavy atom. The van der Waals surface area contributed by atoms with Gasteiger partial charge in [0.2, 0.25) is 5.89 Å². The lowest BCUT2D eigenvalue weighted by Crippen LogP contribution is -2.46. The Morgan fingerprint density at radius 2 is 2.00 bits per heavy atom. The maximum absolute atomic E-state index is 6.45. The predicted octanol–water partition coefficient (Wildman–Crippen LogP) is 4.41. The average Bonchev–Trinajstić information content (AvgIpc) is 3.24. The van der Waals surface area contributed by atoms with Crippen molar-refractivity contribution in [2.24, 2.45) is 4.99 Å². The maximum atomic E-state index is 6.45. The van der Waals surface area contributed by atoms with E-state index >= 15 is 0 Å². The number of nitrogens with one attached hydrogen (secondary N) is 2. The number of guanidine groups is 1. The lowest BCUT2D eigenvalue weighted by molar-refractivity contribution is 0.0396. The minimum absolute atomic E-state index is 0. The van der Waals surface area contributed by atoms with Crippen LogP contribution in [0.4, 0.5) is 0 Å². The van der Waals surface area contributed by atoms with E-state index in [1.807, 2.05) is 19.9 Å². The van der Waals surface area contributed by atoms with Crippen LogP contribution in [0.25, 0.3) is 0 Å². The summed E-state index contributed by atoms with van der Waals surface area (Å²) in [5.41, 5.74) is 2.08. The Morgan fingerprint density at radius 3 is 2.68 bits per heavy atom. The maximum Gasteiger partial charge on any atom is 0.214 e. The highest BCUT2D eigenvalue weighted by Crippen LogP contribution is 2.46. The molecule has 2 heterocycles. The second-order valence-electron chi connectivity index (χ2n) is 7.61. The summed E-state index contributed by atoms with van der Waals surface area (Å²) >= 11 is 0. The quantitative estimate of drug-likeness (QED) is 0.374. The first-order valence-corrected chi connectivity index (χ1v) is 9.77. The molecule has 4 rings (SSSR count). The first-order valence-electron chi connectivity index (χ1n) is 9.77. The van der Waals surface area contributed by atoms with Crippen LogP contribution in [0.1, 0.15) is 61.1 Å². The standard InChI is InChI=1S/C21H28N4O2.HI/c1-14-15(2)26-19(24-14)13-23-20(22-3)25-17-12-21(10-6-7-11-21)27-18-9-5-4-8-16(17)18;/h4-5,8-9,17H,6-7,10-13H2,1-3H3,(H2,22,23,25);1H. The fourth-order valence-electron chi connectivity index (χ4n) is 4.21. The van der Waals surface area contributed by atoms with Crippen molar-refractivity contribution in [1.82, 2.24) is 15.6 Å². The number of para-hydroxylation sites is 1. The molecule has 28 heavy (non-hydrogen) atoms. The molecule has 1 spiro atoms. The van der Waals surface area contributed by atoms with Gasteiger partial charge in [-0.2, -0.15) is 0 Å². The molecule has 7 heteroatoms. The summed E-state index contributed by atoms with van der Waals surface area (Å²) in [7, 11) is 1.79. The second kappa shape index (κ2) is 8.71. The van der Waals surface area contributed by atoms with Gasteiger partial charge < -0.3 is 19.8 Å². The monoisotopic (exact) mass is 496 g/mol. The van der Waals surface area contributed by atoms with Crippen LogP contribution < -0.4 is 15.4 Å². The Labute approximate surface area is 183 Å². The van der Waals surface area contributed by atoms with Crippen molar-refractivity contribution in [3.63, 3.8) is 0 Å². The largest absolute Gasteiger partial charge is 0.487 e. The summed E-state index contributed by atoms with van der Waals surface area (Å²) < 4.78 is 12.1. The summed E-state index contributed by atoms with van der Waals surface area (Å²) in [6, 6.07) is 8.51. The summed E-state index contributed by atoms with van der Waals surface area (Å²) in [6.07, 6.45) is 5.69. The molecule has 0 saturated heterocycles. The number of ether oxygens (including phenoxy) is 1. The van der Waals surface area contributed by atoms with E-state index in [-0.39, 0.29) is 35.6 Å². The Balaban J connectivity index is 0.00000225. The highest BCUT2D eigenvalue weighted by molar-refractivity contribution is 14.0. The fraction of sp³-hybridized carbons (Fsp3) is 0.524. The Bertz CT molecular complexity index is 823. The van der Waals surface area contributed by atoms with Crippen LogP contribution in [0.3, 0.4) is 0 Å². The van der Waals surface area contributed by atoms with Gasteiger partial charge >= 0.3 is 0 Å². The van der Waals surface area contributed by atoms with Gasteiger partial charge in [0.15, 0.2) is 5.96 Å². The van der Waals surface area contributed by atoms with Crippen molar-refractivity contribution in [3.05, 3.63) is 47.2 Å². The van der Waals surface area contributed by atoms with E-state index in [1.54, 1.807) is 7.05 Å². The molecular weight excluding hydrogens is 467 g/mol. The third kappa shape index (κ3) is 4.29. The molecule has 0 radical (unpaired) electrons. The van der Waals surface area contributed by atoms with Crippen LogP contribution in [0, 0.1) is 13.8 Å². The Kier molecular flexibility index (Phi) is 6.52. The number of fused-ring (bicyclic) bond motifs is 1. The van der Waals surface area contributed by atoms with E-state index < -0.39 is 0 Å². The molecule has 1 fully saturated rings. The van der Waals surface area contributed by atoms with Gasteiger partial charge in [0.25, 0.3) is 0 Å². The topological polar surface area (TPSA) is 71.7 Å². The fourth-order valence-corrected chi connectivity index (χ4v) is 4.21. The lowest BCUT2D eigenvalue weighted by atomic mass is 9.86. The molecule has 2 aromatic rings. The Hall–Kier alpha value is -1.77.